The maximum Gasteiger partial charge on any atom is 0.274 e. The number of benzene rings is 1. The number of rotatable bonds is 3. The number of halogens is 1. The second kappa shape index (κ2) is 5.87. The molecule has 7 heteroatoms. The Kier molecular flexibility index (Phi) is 4.19. The summed E-state index contributed by atoms with van der Waals surface area (Å²) in [7, 11) is 0. The molecule has 1 aromatic heterocycles. The molecule has 0 aliphatic heterocycles. The van der Waals surface area contributed by atoms with Crippen molar-refractivity contribution in [2.75, 3.05) is 0 Å². The zero-order chi connectivity index (χ0) is 14.7. The van der Waals surface area contributed by atoms with Gasteiger partial charge in [-0.3, -0.25) is 14.5 Å². The van der Waals surface area contributed by atoms with Gasteiger partial charge in [0, 0.05) is 12.5 Å². The van der Waals surface area contributed by atoms with Crippen LogP contribution in [-0.4, -0.2) is 26.3 Å². The van der Waals surface area contributed by atoms with Crippen molar-refractivity contribution in [3.63, 3.8) is 0 Å². The zero-order valence-electron chi connectivity index (χ0n) is 11.0. The number of amides is 2. The fourth-order valence-electron chi connectivity index (χ4n) is 1.67. The van der Waals surface area contributed by atoms with E-state index in [1.165, 1.54) is 19.1 Å². The summed E-state index contributed by atoms with van der Waals surface area (Å²) in [6.07, 6.45) is 0. The minimum Gasteiger partial charge on any atom is -0.275 e. The van der Waals surface area contributed by atoms with Gasteiger partial charge in [-0.1, -0.05) is 22.7 Å². The molecule has 0 spiro atoms. The number of nitrogens with zero attached hydrogens (tertiary/aromatic N) is 3. The largest absolute Gasteiger partial charge is 0.275 e. The summed E-state index contributed by atoms with van der Waals surface area (Å²) < 4.78 is 17.3. The molecule has 5 nitrogen and oxygen atoms in total. The summed E-state index contributed by atoms with van der Waals surface area (Å²) in [4.78, 5) is 25.2. The average molecular weight is 293 g/mol. The third kappa shape index (κ3) is 2.88. The summed E-state index contributed by atoms with van der Waals surface area (Å²) in [6, 6.07) is 6.03. The van der Waals surface area contributed by atoms with Crippen LogP contribution in [0.1, 0.15) is 27.9 Å². The second-order valence-corrected chi connectivity index (χ2v) is 4.94. The summed E-state index contributed by atoms with van der Waals surface area (Å²) in [6.45, 7) is 2.79. The Morgan fingerprint density at radius 1 is 1.35 bits per heavy atom. The molecule has 0 aliphatic rings. The van der Waals surface area contributed by atoms with E-state index < -0.39 is 17.6 Å². The van der Waals surface area contributed by atoms with Crippen LogP contribution in [0, 0.1) is 12.7 Å². The SMILES string of the molecule is CC(=O)N(Cc1ccccc1F)C(=O)c1snnc1C. The molecule has 0 bridgehead atoms. The van der Waals surface area contributed by atoms with E-state index in [-0.39, 0.29) is 17.0 Å². The lowest BCUT2D eigenvalue weighted by atomic mass is 10.2. The number of imide groups is 1. The highest BCUT2D eigenvalue weighted by molar-refractivity contribution is 7.08. The average Bonchev–Trinajstić information content (AvgIpc) is 2.83. The summed E-state index contributed by atoms with van der Waals surface area (Å²) in [5.74, 6) is -1.41. The quantitative estimate of drug-likeness (QED) is 0.870. The molecule has 0 unspecified atom stereocenters. The van der Waals surface area contributed by atoms with Crippen molar-refractivity contribution < 1.29 is 14.0 Å². The standard InChI is InChI=1S/C13H12FN3O2S/c1-8-12(20-16-15-8)13(19)17(9(2)18)7-10-5-3-4-6-11(10)14/h3-6H,7H2,1-2H3. The molecule has 0 fully saturated rings. The molecule has 1 aromatic carbocycles. The molecule has 2 rings (SSSR count). The predicted molar refractivity (Wildman–Crippen MR) is 71.6 cm³/mol. The van der Waals surface area contributed by atoms with Gasteiger partial charge in [0.25, 0.3) is 5.91 Å². The number of aromatic nitrogens is 2. The van der Waals surface area contributed by atoms with Gasteiger partial charge in [0.15, 0.2) is 0 Å². The lowest BCUT2D eigenvalue weighted by molar-refractivity contribution is -0.126. The van der Waals surface area contributed by atoms with Crippen molar-refractivity contribution >= 4 is 23.3 Å². The lowest BCUT2D eigenvalue weighted by Crippen LogP contribution is -2.34. The Hall–Kier alpha value is -2.15. The highest BCUT2D eigenvalue weighted by Crippen LogP contribution is 2.16. The van der Waals surface area contributed by atoms with Crippen molar-refractivity contribution in [1.29, 1.82) is 0 Å². The first-order valence-corrected chi connectivity index (χ1v) is 6.63. The Labute approximate surface area is 119 Å². The van der Waals surface area contributed by atoms with Gasteiger partial charge in [-0.2, -0.15) is 0 Å². The Bertz CT molecular complexity index is 657. The monoisotopic (exact) mass is 293 g/mol. The molecule has 0 saturated carbocycles. The summed E-state index contributed by atoms with van der Waals surface area (Å²) >= 11 is 0.920. The van der Waals surface area contributed by atoms with Crippen LogP contribution in [0.3, 0.4) is 0 Å². The first kappa shape index (κ1) is 14.3. The van der Waals surface area contributed by atoms with Gasteiger partial charge in [-0.25, -0.2) is 4.39 Å². The van der Waals surface area contributed by atoms with Crippen molar-refractivity contribution in [2.24, 2.45) is 0 Å². The molecule has 104 valence electrons. The van der Waals surface area contributed by atoms with E-state index in [4.69, 9.17) is 0 Å². The highest BCUT2D eigenvalue weighted by Gasteiger charge is 2.24. The van der Waals surface area contributed by atoms with Gasteiger partial charge in [0.1, 0.15) is 10.7 Å². The first-order valence-electron chi connectivity index (χ1n) is 5.85. The zero-order valence-corrected chi connectivity index (χ0v) is 11.8. The molecule has 0 saturated heterocycles. The Balaban J connectivity index is 2.29. The van der Waals surface area contributed by atoms with Crippen molar-refractivity contribution in [3.05, 3.63) is 46.2 Å². The predicted octanol–water partition coefficient (Wildman–Crippen LogP) is 2.17. The summed E-state index contributed by atoms with van der Waals surface area (Å²) in [5.41, 5.74) is 0.742. The lowest BCUT2D eigenvalue weighted by Gasteiger charge is -2.18. The van der Waals surface area contributed by atoms with Gasteiger partial charge < -0.3 is 0 Å². The number of hydrogen-bond acceptors (Lipinski definition) is 5. The molecule has 1 heterocycles. The summed E-state index contributed by atoms with van der Waals surface area (Å²) in [5, 5.41) is 3.74. The molecule has 0 aliphatic carbocycles. The van der Waals surface area contributed by atoms with Crippen LogP contribution < -0.4 is 0 Å². The minimum atomic E-state index is -0.506. The van der Waals surface area contributed by atoms with Gasteiger partial charge in [0.05, 0.1) is 12.2 Å². The molecule has 0 atom stereocenters. The van der Waals surface area contributed by atoms with Crippen molar-refractivity contribution in [2.45, 2.75) is 20.4 Å². The number of aryl methyl sites for hydroxylation is 1. The van der Waals surface area contributed by atoms with Gasteiger partial charge in [-0.05, 0) is 24.5 Å². The fraction of sp³-hybridized carbons (Fsp3) is 0.231. The van der Waals surface area contributed by atoms with Crippen LogP contribution >= 0.6 is 11.5 Å². The Morgan fingerprint density at radius 3 is 2.60 bits per heavy atom. The Morgan fingerprint density at radius 2 is 2.05 bits per heavy atom. The van der Waals surface area contributed by atoms with E-state index in [0.717, 1.165) is 16.4 Å². The second-order valence-electron chi connectivity index (χ2n) is 4.19. The molecule has 2 amide bonds. The van der Waals surface area contributed by atoms with E-state index in [2.05, 4.69) is 9.59 Å². The van der Waals surface area contributed by atoms with E-state index in [1.807, 2.05) is 0 Å². The fourth-order valence-corrected chi connectivity index (χ4v) is 2.28. The van der Waals surface area contributed by atoms with Crippen LogP contribution in [0.15, 0.2) is 24.3 Å². The molecule has 0 radical (unpaired) electrons. The van der Waals surface area contributed by atoms with E-state index >= 15 is 0 Å². The maximum atomic E-state index is 13.6. The molecule has 2 aromatic rings. The maximum absolute atomic E-state index is 13.6. The van der Waals surface area contributed by atoms with Crippen LogP contribution in [0.2, 0.25) is 0 Å². The van der Waals surface area contributed by atoms with Gasteiger partial charge in [-0.15, -0.1) is 5.10 Å². The number of hydrogen-bond donors (Lipinski definition) is 0. The van der Waals surface area contributed by atoms with E-state index in [1.54, 1.807) is 19.1 Å². The van der Waals surface area contributed by atoms with Crippen LogP contribution in [0.25, 0.3) is 0 Å². The molecular weight excluding hydrogens is 281 g/mol. The van der Waals surface area contributed by atoms with Gasteiger partial charge >= 0.3 is 0 Å². The highest BCUT2D eigenvalue weighted by atomic mass is 32.1. The van der Waals surface area contributed by atoms with Crippen molar-refractivity contribution in [3.8, 4) is 0 Å². The third-order valence-electron chi connectivity index (χ3n) is 2.76. The van der Waals surface area contributed by atoms with Crippen molar-refractivity contribution in [1.82, 2.24) is 14.5 Å². The minimum absolute atomic E-state index is 0.113. The molecule has 0 N–H and O–H groups in total. The van der Waals surface area contributed by atoms with E-state index in [0.29, 0.717) is 5.69 Å². The normalized spacial score (nSPS) is 10.3. The number of carbonyl (C=O) groups excluding carboxylic acids is 2. The number of carbonyl (C=O) groups is 2. The van der Waals surface area contributed by atoms with Gasteiger partial charge in [0.2, 0.25) is 5.91 Å². The topological polar surface area (TPSA) is 63.2 Å². The first-order chi connectivity index (χ1) is 9.50. The van der Waals surface area contributed by atoms with Crippen LogP contribution in [-0.2, 0) is 11.3 Å². The molecule has 20 heavy (non-hydrogen) atoms. The third-order valence-corrected chi connectivity index (χ3v) is 3.57. The smallest absolute Gasteiger partial charge is 0.274 e. The van der Waals surface area contributed by atoms with Crippen LogP contribution in [0.4, 0.5) is 4.39 Å². The van der Waals surface area contributed by atoms with E-state index in [9.17, 15) is 14.0 Å². The van der Waals surface area contributed by atoms with Crippen LogP contribution in [0.5, 0.6) is 0 Å². The molecular formula is C13H12FN3O2S.